The van der Waals surface area contributed by atoms with E-state index in [0.29, 0.717) is 0 Å². The lowest BCUT2D eigenvalue weighted by atomic mass is 10.0. The summed E-state index contributed by atoms with van der Waals surface area (Å²) in [6.45, 7) is 9.74. The molecule has 6 nitrogen and oxygen atoms in total. The van der Waals surface area contributed by atoms with Crippen LogP contribution in [0.4, 0.5) is 4.79 Å². The van der Waals surface area contributed by atoms with Gasteiger partial charge in [0.2, 0.25) is 5.91 Å². The summed E-state index contributed by atoms with van der Waals surface area (Å²) in [7, 11) is 0. The molecular formula is C20H30ClN3O3. The molecule has 1 atom stereocenters. The zero-order chi connectivity index (χ0) is 20.0. The molecule has 0 saturated carbocycles. The lowest BCUT2D eigenvalue weighted by molar-refractivity contribution is -0.123. The maximum atomic E-state index is 12.3. The SMILES string of the molecule is C[C@@H](NC(=O)OC(C)(C)C)C(=O)NC1CCN(Cc2ccc(Cl)cc2)CC1. The highest BCUT2D eigenvalue weighted by atomic mass is 35.5. The van der Waals surface area contributed by atoms with Crippen LogP contribution in [0.1, 0.15) is 46.1 Å². The Kier molecular flexibility index (Phi) is 7.50. The number of benzene rings is 1. The second-order valence-corrected chi connectivity index (χ2v) is 8.49. The van der Waals surface area contributed by atoms with Crippen molar-refractivity contribution in [2.24, 2.45) is 0 Å². The molecule has 7 heteroatoms. The van der Waals surface area contributed by atoms with Gasteiger partial charge in [0.25, 0.3) is 0 Å². The molecule has 2 rings (SSSR count). The van der Waals surface area contributed by atoms with Crippen LogP contribution in [0.25, 0.3) is 0 Å². The molecular weight excluding hydrogens is 366 g/mol. The Bertz CT molecular complexity index is 635. The van der Waals surface area contributed by atoms with Crippen molar-refractivity contribution in [1.29, 1.82) is 0 Å². The van der Waals surface area contributed by atoms with Gasteiger partial charge < -0.3 is 15.4 Å². The normalized spacial score (nSPS) is 17.2. The van der Waals surface area contributed by atoms with Crippen molar-refractivity contribution >= 4 is 23.6 Å². The van der Waals surface area contributed by atoms with Gasteiger partial charge in [-0.3, -0.25) is 9.69 Å². The maximum Gasteiger partial charge on any atom is 0.408 e. The summed E-state index contributed by atoms with van der Waals surface area (Å²) in [4.78, 5) is 26.5. The van der Waals surface area contributed by atoms with E-state index in [2.05, 4.69) is 15.5 Å². The molecule has 1 aliphatic heterocycles. The molecule has 0 aliphatic carbocycles. The number of nitrogens with one attached hydrogen (secondary N) is 2. The summed E-state index contributed by atoms with van der Waals surface area (Å²) in [5.41, 5.74) is 0.647. The Morgan fingerprint density at radius 3 is 2.37 bits per heavy atom. The number of alkyl carbamates (subject to hydrolysis) is 1. The minimum absolute atomic E-state index is 0.127. The number of piperidine rings is 1. The number of hydrogen-bond acceptors (Lipinski definition) is 4. The average molecular weight is 396 g/mol. The van der Waals surface area contributed by atoms with Crippen molar-refractivity contribution in [2.45, 2.75) is 64.8 Å². The molecule has 150 valence electrons. The lowest BCUT2D eigenvalue weighted by Gasteiger charge is -2.33. The number of likely N-dealkylation sites (tertiary alicyclic amines) is 1. The van der Waals surface area contributed by atoms with Gasteiger partial charge >= 0.3 is 6.09 Å². The zero-order valence-electron chi connectivity index (χ0n) is 16.5. The van der Waals surface area contributed by atoms with E-state index in [9.17, 15) is 9.59 Å². The van der Waals surface area contributed by atoms with Crippen LogP contribution in [0.15, 0.2) is 24.3 Å². The summed E-state index contributed by atoms with van der Waals surface area (Å²) >= 11 is 5.92. The Balaban J connectivity index is 1.72. The second-order valence-electron chi connectivity index (χ2n) is 8.05. The summed E-state index contributed by atoms with van der Waals surface area (Å²) in [5, 5.41) is 6.35. The minimum atomic E-state index is -0.632. The fourth-order valence-corrected chi connectivity index (χ4v) is 3.09. The maximum absolute atomic E-state index is 12.3. The van der Waals surface area contributed by atoms with Crippen LogP contribution in [0, 0.1) is 0 Å². The van der Waals surface area contributed by atoms with Gasteiger partial charge in [-0.25, -0.2) is 4.79 Å². The number of carbonyl (C=O) groups is 2. The van der Waals surface area contributed by atoms with E-state index >= 15 is 0 Å². The Labute approximate surface area is 166 Å². The number of halogens is 1. The number of rotatable bonds is 5. The van der Waals surface area contributed by atoms with Crippen molar-refractivity contribution in [1.82, 2.24) is 15.5 Å². The molecule has 0 bridgehead atoms. The molecule has 0 spiro atoms. The molecule has 1 aromatic rings. The van der Waals surface area contributed by atoms with E-state index in [1.165, 1.54) is 5.56 Å². The fourth-order valence-electron chi connectivity index (χ4n) is 2.96. The van der Waals surface area contributed by atoms with Gasteiger partial charge in [0, 0.05) is 30.7 Å². The fraction of sp³-hybridized carbons (Fsp3) is 0.600. The van der Waals surface area contributed by atoms with Gasteiger partial charge in [-0.05, 0) is 58.2 Å². The van der Waals surface area contributed by atoms with Crippen molar-refractivity contribution in [3.05, 3.63) is 34.9 Å². The van der Waals surface area contributed by atoms with Gasteiger partial charge in [0.05, 0.1) is 0 Å². The van der Waals surface area contributed by atoms with Crippen LogP contribution in [0.3, 0.4) is 0 Å². The molecule has 1 aromatic carbocycles. The van der Waals surface area contributed by atoms with E-state index in [1.54, 1.807) is 27.7 Å². The van der Waals surface area contributed by atoms with Crippen LogP contribution in [-0.2, 0) is 16.1 Å². The highest BCUT2D eigenvalue weighted by molar-refractivity contribution is 6.30. The van der Waals surface area contributed by atoms with Crippen LogP contribution in [0.2, 0.25) is 5.02 Å². The molecule has 0 aromatic heterocycles. The second kappa shape index (κ2) is 9.42. The standard InChI is InChI=1S/C20H30ClN3O3/c1-14(22-19(26)27-20(2,3)4)18(25)23-17-9-11-24(12-10-17)13-15-5-7-16(21)8-6-15/h5-8,14,17H,9-13H2,1-4H3,(H,22,26)(H,23,25)/t14-/m1/s1. The smallest absolute Gasteiger partial charge is 0.408 e. The molecule has 0 unspecified atom stereocenters. The molecule has 27 heavy (non-hydrogen) atoms. The molecule has 1 heterocycles. The Morgan fingerprint density at radius 1 is 1.22 bits per heavy atom. The third-order valence-electron chi connectivity index (χ3n) is 4.38. The summed E-state index contributed by atoms with van der Waals surface area (Å²) in [6, 6.07) is 7.39. The predicted molar refractivity (Wildman–Crippen MR) is 107 cm³/mol. The van der Waals surface area contributed by atoms with Crippen LogP contribution < -0.4 is 10.6 Å². The third-order valence-corrected chi connectivity index (χ3v) is 4.63. The van der Waals surface area contributed by atoms with Crippen molar-refractivity contribution < 1.29 is 14.3 Å². The van der Waals surface area contributed by atoms with E-state index in [-0.39, 0.29) is 11.9 Å². The molecule has 1 fully saturated rings. The van der Waals surface area contributed by atoms with Gasteiger partial charge in [-0.15, -0.1) is 0 Å². The highest BCUT2D eigenvalue weighted by Gasteiger charge is 2.25. The van der Waals surface area contributed by atoms with Gasteiger partial charge in [-0.2, -0.15) is 0 Å². The van der Waals surface area contributed by atoms with Crippen molar-refractivity contribution in [2.75, 3.05) is 13.1 Å². The predicted octanol–water partition coefficient (Wildman–Crippen LogP) is 3.33. The van der Waals surface area contributed by atoms with Gasteiger partial charge in [0.15, 0.2) is 0 Å². The molecule has 1 aliphatic rings. The minimum Gasteiger partial charge on any atom is -0.444 e. The first-order valence-electron chi connectivity index (χ1n) is 9.39. The van der Waals surface area contributed by atoms with Crippen molar-refractivity contribution in [3.8, 4) is 0 Å². The molecule has 2 N–H and O–H groups in total. The first kappa shape index (κ1) is 21.5. The first-order chi connectivity index (χ1) is 12.6. The van der Waals surface area contributed by atoms with Crippen LogP contribution in [0.5, 0.6) is 0 Å². The lowest BCUT2D eigenvalue weighted by Crippen LogP contribution is -2.51. The number of nitrogens with zero attached hydrogens (tertiary/aromatic N) is 1. The molecule has 0 radical (unpaired) electrons. The van der Waals surface area contributed by atoms with Crippen LogP contribution in [-0.4, -0.2) is 47.7 Å². The summed E-state index contributed by atoms with van der Waals surface area (Å²) in [6.07, 6.45) is 1.19. The highest BCUT2D eigenvalue weighted by Crippen LogP contribution is 2.16. The first-order valence-corrected chi connectivity index (χ1v) is 9.77. The topological polar surface area (TPSA) is 70.7 Å². The van der Waals surface area contributed by atoms with Gasteiger partial charge in [-0.1, -0.05) is 23.7 Å². The van der Waals surface area contributed by atoms with Crippen molar-refractivity contribution in [3.63, 3.8) is 0 Å². The third kappa shape index (κ3) is 7.77. The molecule has 2 amide bonds. The number of ether oxygens (including phenoxy) is 1. The van der Waals surface area contributed by atoms with E-state index in [4.69, 9.17) is 16.3 Å². The van der Waals surface area contributed by atoms with E-state index in [0.717, 1.165) is 37.5 Å². The molecule has 1 saturated heterocycles. The van der Waals surface area contributed by atoms with Crippen LogP contribution >= 0.6 is 11.6 Å². The monoisotopic (exact) mass is 395 g/mol. The number of hydrogen-bond donors (Lipinski definition) is 2. The van der Waals surface area contributed by atoms with E-state index in [1.807, 2.05) is 24.3 Å². The Hall–Kier alpha value is -1.79. The Morgan fingerprint density at radius 2 is 1.81 bits per heavy atom. The summed E-state index contributed by atoms with van der Waals surface area (Å²) < 4.78 is 5.18. The largest absolute Gasteiger partial charge is 0.444 e. The number of carbonyl (C=O) groups excluding carboxylic acids is 2. The van der Waals surface area contributed by atoms with Gasteiger partial charge in [0.1, 0.15) is 11.6 Å². The summed E-state index contributed by atoms with van der Waals surface area (Å²) in [5.74, 6) is -0.183. The zero-order valence-corrected chi connectivity index (χ0v) is 17.3. The average Bonchev–Trinajstić information content (AvgIpc) is 2.57. The quantitative estimate of drug-likeness (QED) is 0.802. The number of amides is 2. The van der Waals surface area contributed by atoms with E-state index < -0.39 is 17.7 Å².